The SMILES string of the molecule is COCCn1c(CN2C[C@@H]3CCC[C@H]2C3)cnc1S(=O)(=O)CC1CCCCC1. The first-order valence-electron chi connectivity index (χ1n) is 11.1. The number of ether oxygens (including phenoxy) is 1. The van der Waals surface area contributed by atoms with Gasteiger partial charge in [0.25, 0.3) is 0 Å². The van der Waals surface area contributed by atoms with E-state index in [9.17, 15) is 8.42 Å². The third kappa shape index (κ3) is 4.46. The number of likely N-dealkylation sites (tertiary alicyclic amines) is 1. The van der Waals surface area contributed by atoms with E-state index in [0.717, 1.165) is 50.4 Å². The molecule has 3 fully saturated rings. The Balaban J connectivity index is 1.53. The van der Waals surface area contributed by atoms with Gasteiger partial charge in [0.2, 0.25) is 15.0 Å². The molecule has 2 aliphatic carbocycles. The predicted molar refractivity (Wildman–Crippen MR) is 109 cm³/mol. The number of rotatable bonds is 8. The maximum Gasteiger partial charge on any atom is 0.227 e. The van der Waals surface area contributed by atoms with Crippen LogP contribution in [0.1, 0.15) is 63.5 Å². The Hall–Kier alpha value is -0.920. The Morgan fingerprint density at radius 3 is 2.71 bits per heavy atom. The maximum atomic E-state index is 13.2. The summed E-state index contributed by atoms with van der Waals surface area (Å²) in [6, 6.07) is 0.659. The Morgan fingerprint density at radius 1 is 1.14 bits per heavy atom. The first kappa shape index (κ1) is 20.4. The molecule has 2 atom stereocenters. The van der Waals surface area contributed by atoms with Crippen LogP contribution in [0, 0.1) is 11.8 Å². The minimum atomic E-state index is -3.37. The summed E-state index contributed by atoms with van der Waals surface area (Å²) >= 11 is 0. The topological polar surface area (TPSA) is 64.4 Å². The molecule has 6 nitrogen and oxygen atoms in total. The zero-order valence-corrected chi connectivity index (χ0v) is 18.0. The molecule has 2 bridgehead atoms. The van der Waals surface area contributed by atoms with E-state index >= 15 is 0 Å². The molecule has 0 radical (unpaired) electrons. The van der Waals surface area contributed by atoms with E-state index in [1.54, 1.807) is 13.3 Å². The van der Waals surface area contributed by atoms with Gasteiger partial charge in [-0.2, -0.15) is 0 Å². The molecule has 0 unspecified atom stereocenters. The number of methoxy groups -OCH3 is 1. The molecule has 158 valence electrons. The van der Waals surface area contributed by atoms with Gasteiger partial charge in [0.15, 0.2) is 0 Å². The van der Waals surface area contributed by atoms with Crippen LogP contribution in [0.3, 0.4) is 0 Å². The molecule has 1 aromatic rings. The van der Waals surface area contributed by atoms with E-state index in [-0.39, 0.29) is 16.8 Å². The molecular weight excluding hydrogens is 374 g/mol. The molecule has 28 heavy (non-hydrogen) atoms. The van der Waals surface area contributed by atoms with Crippen LogP contribution in [0.5, 0.6) is 0 Å². The van der Waals surface area contributed by atoms with Crippen LogP contribution in [-0.2, 0) is 27.7 Å². The van der Waals surface area contributed by atoms with E-state index in [2.05, 4.69) is 9.88 Å². The third-order valence-electron chi connectivity index (χ3n) is 7.01. The number of nitrogens with zero attached hydrogens (tertiary/aromatic N) is 3. The fourth-order valence-corrected chi connectivity index (χ4v) is 7.43. The molecule has 1 aromatic heterocycles. The monoisotopic (exact) mass is 409 g/mol. The Kier molecular flexibility index (Phi) is 6.43. The summed E-state index contributed by atoms with van der Waals surface area (Å²) in [7, 11) is -1.71. The first-order chi connectivity index (χ1) is 13.6. The van der Waals surface area contributed by atoms with Gasteiger partial charge < -0.3 is 9.30 Å². The normalized spacial score (nSPS) is 26.8. The van der Waals surface area contributed by atoms with Crippen LogP contribution >= 0.6 is 0 Å². The van der Waals surface area contributed by atoms with Crippen LogP contribution in [-0.4, -0.2) is 54.9 Å². The summed E-state index contributed by atoms with van der Waals surface area (Å²) in [5.41, 5.74) is 1.02. The van der Waals surface area contributed by atoms with Gasteiger partial charge >= 0.3 is 0 Å². The van der Waals surface area contributed by atoms with Crippen molar-refractivity contribution in [3.63, 3.8) is 0 Å². The second kappa shape index (κ2) is 8.84. The highest BCUT2D eigenvalue weighted by Crippen LogP contribution is 2.36. The smallest absolute Gasteiger partial charge is 0.227 e. The van der Waals surface area contributed by atoms with Gasteiger partial charge in [-0.15, -0.1) is 0 Å². The van der Waals surface area contributed by atoms with Crippen LogP contribution in [0.2, 0.25) is 0 Å². The number of aromatic nitrogens is 2. The Morgan fingerprint density at radius 2 is 1.96 bits per heavy atom. The molecule has 0 amide bonds. The first-order valence-corrected chi connectivity index (χ1v) is 12.7. The molecule has 1 saturated heterocycles. The third-order valence-corrected chi connectivity index (χ3v) is 8.80. The van der Waals surface area contributed by atoms with Crippen LogP contribution in [0.15, 0.2) is 11.4 Å². The molecule has 1 aliphatic heterocycles. The Bertz CT molecular complexity index is 755. The highest BCUT2D eigenvalue weighted by molar-refractivity contribution is 7.91. The number of imidazole rings is 1. The molecule has 3 aliphatic rings. The van der Waals surface area contributed by atoms with E-state index < -0.39 is 9.84 Å². The molecule has 0 spiro atoms. The quantitative estimate of drug-likeness (QED) is 0.659. The minimum absolute atomic E-state index is 0.241. The molecule has 0 N–H and O–H groups in total. The summed E-state index contributed by atoms with van der Waals surface area (Å²) in [5, 5.41) is 0.257. The standard InChI is InChI=1S/C21H35N3O3S/c1-27-11-10-24-20(15-23-14-18-8-5-9-19(23)12-18)13-22-21(24)28(25,26)16-17-6-3-2-4-7-17/h13,17-19H,2-12,14-16H2,1H3/t18-,19+/m1/s1. The zero-order valence-electron chi connectivity index (χ0n) is 17.2. The highest BCUT2D eigenvalue weighted by atomic mass is 32.2. The second-order valence-corrected chi connectivity index (χ2v) is 11.0. The molecule has 2 heterocycles. The lowest BCUT2D eigenvalue weighted by Crippen LogP contribution is -2.30. The maximum absolute atomic E-state index is 13.2. The van der Waals surface area contributed by atoms with Gasteiger partial charge in [0, 0.05) is 32.8 Å². The molecule has 4 rings (SSSR count). The van der Waals surface area contributed by atoms with Crippen molar-refractivity contribution in [1.82, 2.24) is 14.5 Å². The van der Waals surface area contributed by atoms with Gasteiger partial charge in [-0.05, 0) is 43.9 Å². The fraction of sp³-hybridized carbons (Fsp3) is 0.857. The van der Waals surface area contributed by atoms with Crippen molar-refractivity contribution in [3.05, 3.63) is 11.9 Å². The van der Waals surface area contributed by atoms with Gasteiger partial charge in [-0.3, -0.25) is 4.90 Å². The largest absolute Gasteiger partial charge is 0.383 e. The lowest BCUT2D eigenvalue weighted by molar-refractivity contribution is 0.179. The molecule has 7 heteroatoms. The average Bonchev–Trinajstić information content (AvgIpc) is 3.21. The Labute approximate surface area is 169 Å². The van der Waals surface area contributed by atoms with Crippen LogP contribution in [0.25, 0.3) is 0 Å². The van der Waals surface area contributed by atoms with E-state index in [4.69, 9.17) is 4.74 Å². The van der Waals surface area contributed by atoms with Crippen molar-refractivity contribution < 1.29 is 13.2 Å². The van der Waals surface area contributed by atoms with E-state index in [1.165, 1.54) is 32.1 Å². The number of hydrogen-bond acceptors (Lipinski definition) is 5. The van der Waals surface area contributed by atoms with Crippen molar-refractivity contribution in [3.8, 4) is 0 Å². The molecular formula is C21H35N3O3S. The minimum Gasteiger partial charge on any atom is -0.383 e. The summed E-state index contributed by atoms with van der Waals surface area (Å²) in [6.07, 6.45) is 12.7. The van der Waals surface area contributed by atoms with Crippen LogP contribution in [0.4, 0.5) is 0 Å². The van der Waals surface area contributed by atoms with Crippen molar-refractivity contribution in [2.45, 2.75) is 82.1 Å². The lowest BCUT2D eigenvalue weighted by atomic mass is 9.90. The van der Waals surface area contributed by atoms with Crippen molar-refractivity contribution in [1.29, 1.82) is 0 Å². The second-order valence-electron chi connectivity index (χ2n) is 9.08. The van der Waals surface area contributed by atoms with E-state index in [1.807, 2.05) is 4.57 Å². The fourth-order valence-electron chi connectivity index (χ4n) is 5.57. The van der Waals surface area contributed by atoms with Gasteiger partial charge in [0.05, 0.1) is 24.3 Å². The van der Waals surface area contributed by atoms with Gasteiger partial charge in [0.1, 0.15) is 0 Å². The lowest BCUT2D eigenvalue weighted by Gasteiger charge is -2.25. The number of sulfone groups is 1. The number of hydrogen-bond donors (Lipinski definition) is 0. The average molecular weight is 410 g/mol. The summed E-state index contributed by atoms with van der Waals surface area (Å²) < 4.78 is 33.6. The van der Waals surface area contributed by atoms with Gasteiger partial charge in [-0.1, -0.05) is 25.7 Å². The zero-order chi connectivity index (χ0) is 19.6. The van der Waals surface area contributed by atoms with Crippen molar-refractivity contribution >= 4 is 9.84 Å². The van der Waals surface area contributed by atoms with Gasteiger partial charge in [-0.25, -0.2) is 13.4 Å². The summed E-state index contributed by atoms with van der Waals surface area (Å²) in [6.45, 7) is 3.00. The molecule has 2 saturated carbocycles. The van der Waals surface area contributed by atoms with Crippen LogP contribution < -0.4 is 0 Å². The predicted octanol–water partition coefficient (Wildman–Crippen LogP) is 3.26. The molecule has 0 aromatic carbocycles. The van der Waals surface area contributed by atoms with E-state index in [0.29, 0.717) is 19.2 Å². The summed E-state index contributed by atoms with van der Waals surface area (Å²) in [5.74, 6) is 1.35. The highest BCUT2D eigenvalue weighted by Gasteiger charge is 2.36. The van der Waals surface area contributed by atoms with Crippen molar-refractivity contribution in [2.75, 3.05) is 26.0 Å². The number of fused-ring (bicyclic) bond motifs is 2. The van der Waals surface area contributed by atoms with Crippen molar-refractivity contribution in [2.24, 2.45) is 11.8 Å². The summed E-state index contributed by atoms with van der Waals surface area (Å²) in [4.78, 5) is 6.98.